The van der Waals surface area contributed by atoms with Crippen LogP contribution in [0.15, 0.2) is 67.1 Å². The summed E-state index contributed by atoms with van der Waals surface area (Å²) in [6, 6.07) is 16.0. The van der Waals surface area contributed by atoms with Crippen molar-refractivity contribution in [2.75, 3.05) is 5.32 Å². The summed E-state index contributed by atoms with van der Waals surface area (Å²) in [6.07, 6.45) is 5.56. The van der Waals surface area contributed by atoms with Gasteiger partial charge in [-0.2, -0.15) is 4.98 Å². The van der Waals surface area contributed by atoms with E-state index in [4.69, 9.17) is 0 Å². The van der Waals surface area contributed by atoms with E-state index < -0.39 is 0 Å². The van der Waals surface area contributed by atoms with Crippen molar-refractivity contribution in [2.45, 2.75) is 6.92 Å². The van der Waals surface area contributed by atoms with Crippen LogP contribution in [0.3, 0.4) is 0 Å². The molecule has 23 heavy (non-hydrogen) atoms. The average molecular weight is 301 g/mol. The zero-order chi connectivity index (χ0) is 15.6. The highest BCUT2D eigenvalue weighted by Gasteiger charge is 2.06. The molecule has 5 nitrogen and oxygen atoms in total. The van der Waals surface area contributed by atoms with Gasteiger partial charge in [0, 0.05) is 35.4 Å². The summed E-state index contributed by atoms with van der Waals surface area (Å²) in [5.41, 5.74) is 5.07. The number of fused-ring (bicyclic) bond motifs is 1. The highest BCUT2D eigenvalue weighted by atomic mass is 15.3. The summed E-state index contributed by atoms with van der Waals surface area (Å²) in [4.78, 5) is 8.66. The first kappa shape index (κ1) is 13.5. The Morgan fingerprint density at radius 1 is 0.957 bits per heavy atom. The van der Waals surface area contributed by atoms with Crippen molar-refractivity contribution < 1.29 is 0 Å². The van der Waals surface area contributed by atoms with E-state index in [0.717, 1.165) is 28.0 Å². The van der Waals surface area contributed by atoms with Crippen molar-refractivity contribution in [2.24, 2.45) is 0 Å². The molecular formula is C18H15N5. The molecule has 0 amide bonds. The molecular weight excluding hydrogens is 286 g/mol. The Morgan fingerprint density at radius 3 is 2.70 bits per heavy atom. The fourth-order valence-corrected chi connectivity index (χ4v) is 2.47. The summed E-state index contributed by atoms with van der Waals surface area (Å²) in [6.45, 7) is 2.05. The first-order valence-corrected chi connectivity index (χ1v) is 7.39. The Kier molecular flexibility index (Phi) is 3.24. The second-order valence-electron chi connectivity index (χ2n) is 5.34. The summed E-state index contributed by atoms with van der Waals surface area (Å²) in [5, 5.41) is 7.77. The van der Waals surface area contributed by atoms with Crippen LogP contribution < -0.4 is 5.32 Å². The Morgan fingerprint density at radius 2 is 1.87 bits per heavy atom. The number of para-hydroxylation sites is 1. The Bertz CT molecular complexity index is 959. The minimum atomic E-state index is 0.586. The van der Waals surface area contributed by atoms with Crippen molar-refractivity contribution in [3.63, 3.8) is 0 Å². The summed E-state index contributed by atoms with van der Waals surface area (Å²) < 4.78 is 1.78. The quantitative estimate of drug-likeness (QED) is 0.624. The molecule has 0 unspecified atom stereocenters. The standard InChI is InChI=1S/C18H15N5/c1-13-5-2-3-7-16(13)20-18-21-17-9-8-15(12-23(17)22-18)14-6-4-10-19-11-14/h2-12H,1H3,(H,20,22). The van der Waals surface area contributed by atoms with Gasteiger partial charge in [-0.1, -0.05) is 24.3 Å². The van der Waals surface area contributed by atoms with Crippen molar-refractivity contribution in [3.05, 3.63) is 72.7 Å². The molecule has 0 saturated heterocycles. The highest BCUT2D eigenvalue weighted by molar-refractivity contribution is 5.65. The largest absolute Gasteiger partial charge is 0.323 e. The molecule has 0 saturated carbocycles. The molecule has 112 valence electrons. The molecule has 0 aliphatic heterocycles. The maximum atomic E-state index is 4.51. The van der Waals surface area contributed by atoms with Crippen LogP contribution in [0.2, 0.25) is 0 Å². The first-order valence-electron chi connectivity index (χ1n) is 7.39. The monoisotopic (exact) mass is 301 g/mol. The van der Waals surface area contributed by atoms with E-state index in [0.29, 0.717) is 5.95 Å². The molecule has 0 radical (unpaired) electrons. The van der Waals surface area contributed by atoms with Crippen LogP contribution in [0.1, 0.15) is 5.56 Å². The summed E-state index contributed by atoms with van der Waals surface area (Å²) in [7, 11) is 0. The number of rotatable bonds is 3. The lowest BCUT2D eigenvalue weighted by Gasteiger charge is -2.04. The Hall–Kier alpha value is -3.21. The van der Waals surface area contributed by atoms with Crippen molar-refractivity contribution in [1.82, 2.24) is 19.6 Å². The normalized spacial score (nSPS) is 10.8. The first-order chi connectivity index (χ1) is 11.3. The molecule has 0 aliphatic rings. The molecule has 5 heteroatoms. The van der Waals surface area contributed by atoms with Crippen LogP contribution >= 0.6 is 0 Å². The van der Waals surface area contributed by atoms with Gasteiger partial charge in [-0.3, -0.25) is 4.98 Å². The number of benzene rings is 1. The summed E-state index contributed by atoms with van der Waals surface area (Å²) >= 11 is 0. The lowest BCUT2D eigenvalue weighted by atomic mass is 10.1. The van der Waals surface area contributed by atoms with E-state index in [-0.39, 0.29) is 0 Å². The third-order valence-corrected chi connectivity index (χ3v) is 3.72. The molecule has 0 atom stereocenters. The molecule has 0 bridgehead atoms. The van der Waals surface area contributed by atoms with E-state index in [1.807, 2.05) is 54.9 Å². The Labute approximate surface area is 133 Å². The molecule has 3 heterocycles. The van der Waals surface area contributed by atoms with Crippen LogP contribution in [0.25, 0.3) is 16.8 Å². The smallest absolute Gasteiger partial charge is 0.247 e. The van der Waals surface area contributed by atoms with Gasteiger partial charge < -0.3 is 5.32 Å². The summed E-state index contributed by atoms with van der Waals surface area (Å²) in [5.74, 6) is 0.586. The van der Waals surface area contributed by atoms with Gasteiger partial charge in [-0.25, -0.2) is 4.52 Å². The van der Waals surface area contributed by atoms with Crippen LogP contribution in [0.4, 0.5) is 11.6 Å². The number of aryl methyl sites for hydroxylation is 1. The zero-order valence-corrected chi connectivity index (χ0v) is 12.6. The van der Waals surface area contributed by atoms with Gasteiger partial charge in [0.1, 0.15) is 0 Å². The lowest BCUT2D eigenvalue weighted by molar-refractivity contribution is 0.966. The fraction of sp³-hybridized carbons (Fsp3) is 0.0556. The molecule has 0 aliphatic carbocycles. The third kappa shape index (κ3) is 2.64. The van der Waals surface area contributed by atoms with Gasteiger partial charge in [0.15, 0.2) is 5.65 Å². The third-order valence-electron chi connectivity index (χ3n) is 3.72. The second-order valence-corrected chi connectivity index (χ2v) is 5.34. The zero-order valence-electron chi connectivity index (χ0n) is 12.6. The topological polar surface area (TPSA) is 55.1 Å². The minimum Gasteiger partial charge on any atom is -0.323 e. The average Bonchev–Trinajstić information content (AvgIpc) is 2.99. The number of pyridine rings is 2. The number of nitrogens with zero attached hydrogens (tertiary/aromatic N) is 4. The predicted molar refractivity (Wildman–Crippen MR) is 90.7 cm³/mol. The van der Waals surface area contributed by atoms with Gasteiger partial charge in [-0.05, 0) is 36.8 Å². The molecule has 1 N–H and O–H groups in total. The van der Waals surface area contributed by atoms with E-state index in [1.54, 1.807) is 10.7 Å². The number of hydrogen-bond acceptors (Lipinski definition) is 4. The van der Waals surface area contributed by atoms with E-state index in [1.165, 1.54) is 0 Å². The van der Waals surface area contributed by atoms with E-state index in [2.05, 4.69) is 33.4 Å². The number of nitrogens with one attached hydrogen (secondary N) is 1. The maximum Gasteiger partial charge on any atom is 0.247 e. The maximum absolute atomic E-state index is 4.51. The van der Waals surface area contributed by atoms with Gasteiger partial charge in [-0.15, -0.1) is 5.10 Å². The van der Waals surface area contributed by atoms with Crippen LogP contribution in [0.5, 0.6) is 0 Å². The van der Waals surface area contributed by atoms with Gasteiger partial charge in [0.25, 0.3) is 0 Å². The number of aromatic nitrogens is 4. The van der Waals surface area contributed by atoms with Gasteiger partial charge in [0.2, 0.25) is 5.95 Å². The molecule has 4 aromatic rings. The van der Waals surface area contributed by atoms with Crippen LogP contribution in [-0.4, -0.2) is 19.6 Å². The Balaban J connectivity index is 1.70. The minimum absolute atomic E-state index is 0.586. The SMILES string of the molecule is Cc1ccccc1Nc1nc2ccc(-c3cccnc3)cn2n1. The highest BCUT2D eigenvalue weighted by Crippen LogP contribution is 2.21. The number of anilines is 2. The van der Waals surface area contributed by atoms with Gasteiger partial charge in [0.05, 0.1) is 0 Å². The van der Waals surface area contributed by atoms with Crippen LogP contribution in [-0.2, 0) is 0 Å². The molecule has 1 aromatic carbocycles. The van der Waals surface area contributed by atoms with E-state index >= 15 is 0 Å². The van der Waals surface area contributed by atoms with Crippen molar-refractivity contribution in [3.8, 4) is 11.1 Å². The second kappa shape index (κ2) is 5.53. The fourth-order valence-electron chi connectivity index (χ4n) is 2.47. The molecule has 0 spiro atoms. The van der Waals surface area contributed by atoms with Crippen molar-refractivity contribution >= 4 is 17.3 Å². The van der Waals surface area contributed by atoms with E-state index in [9.17, 15) is 0 Å². The van der Waals surface area contributed by atoms with Gasteiger partial charge >= 0.3 is 0 Å². The predicted octanol–water partition coefficient (Wildman–Crippen LogP) is 3.84. The lowest BCUT2D eigenvalue weighted by Crippen LogP contribution is -1.95. The molecule has 0 fully saturated rings. The van der Waals surface area contributed by atoms with Crippen LogP contribution in [0, 0.1) is 6.92 Å². The molecule has 4 rings (SSSR count). The molecule has 3 aromatic heterocycles. The number of hydrogen-bond donors (Lipinski definition) is 1. The van der Waals surface area contributed by atoms with Crippen molar-refractivity contribution in [1.29, 1.82) is 0 Å².